The van der Waals surface area contributed by atoms with E-state index in [1.165, 1.54) is 0 Å². The van der Waals surface area contributed by atoms with Crippen LogP contribution < -0.4 is 0 Å². The van der Waals surface area contributed by atoms with Gasteiger partial charge in [-0.05, 0) is 37.2 Å². The summed E-state index contributed by atoms with van der Waals surface area (Å²) in [5, 5.41) is 3.14. The second kappa shape index (κ2) is 3.83. The third-order valence-corrected chi connectivity index (χ3v) is 2.86. The van der Waals surface area contributed by atoms with Gasteiger partial charge in [0.05, 0.1) is 0 Å². The van der Waals surface area contributed by atoms with Gasteiger partial charge >= 0.3 is 0 Å². The molecular formula is C10H17NO. The normalized spacial score (nSPS) is 30.2. The van der Waals surface area contributed by atoms with Gasteiger partial charge in [-0.15, -0.1) is 0 Å². The molecule has 0 aromatic carbocycles. The van der Waals surface area contributed by atoms with Crippen LogP contribution in [0.5, 0.6) is 0 Å². The molecule has 0 saturated carbocycles. The van der Waals surface area contributed by atoms with Gasteiger partial charge in [-0.2, -0.15) is 4.91 Å². The lowest BCUT2D eigenvalue weighted by Gasteiger charge is -2.26. The first-order valence-corrected chi connectivity index (χ1v) is 4.64. The Hall–Kier alpha value is -0.660. The zero-order valence-electron chi connectivity index (χ0n) is 8.08. The summed E-state index contributed by atoms with van der Waals surface area (Å²) in [5.74, 6) is 1.31. The standard InChI is InChI=1S/C10H17NO/c1-7(2)9-5-4-8(3)10(6-9)11-12/h4,7,9-10H,5-6H2,1-3H3/t9-,10?/m1/s1. The number of allylic oxidation sites excluding steroid dienone is 1. The number of nitrogens with zero attached hydrogens (tertiary/aromatic N) is 1. The predicted octanol–water partition coefficient (Wildman–Crippen LogP) is 3.13. The van der Waals surface area contributed by atoms with Crippen LogP contribution in [0.3, 0.4) is 0 Å². The Labute approximate surface area is 74.0 Å². The van der Waals surface area contributed by atoms with Gasteiger partial charge in [0.15, 0.2) is 0 Å². The molecule has 0 spiro atoms. The fourth-order valence-electron chi connectivity index (χ4n) is 1.71. The molecule has 0 heterocycles. The van der Waals surface area contributed by atoms with Crippen molar-refractivity contribution in [3.8, 4) is 0 Å². The van der Waals surface area contributed by atoms with Crippen molar-refractivity contribution in [3.05, 3.63) is 16.6 Å². The van der Waals surface area contributed by atoms with Crippen molar-refractivity contribution in [2.24, 2.45) is 17.0 Å². The topological polar surface area (TPSA) is 29.4 Å². The molecule has 0 aliphatic heterocycles. The monoisotopic (exact) mass is 167 g/mol. The molecule has 2 atom stereocenters. The number of rotatable bonds is 2. The van der Waals surface area contributed by atoms with E-state index >= 15 is 0 Å². The van der Waals surface area contributed by atoms with Gasteiger partial charge in [-0.1, -0.05) is 25.1 Å². The first-order valence-electron chi connectivity index (χ1n) is 4.64. The van der Waals surface area contributed by atoms with Crippen molar-refractivity contribution in [1.82, 2.24) is 0 Å². The van der Waals surface area contributed by atoms with E-state index in [4.69, 9.17) is 0 Å². The summed E-state index contributed by atoms with van der Waals surface area (Å²) in [6, 6.07) is -0.0499. The Kier molecular flexibility index (Phi) is 3.01. The summed E-state index contributed by atoms with van der Waals surface area (Å²) in [4.78, 5) is 10.4. The zero-order valence-corrected chi connectivity index (χ0v) is 8.08. The third-order valence-electron chi connectivity index (χ3n) is 2.86. The molecule has 2 heteroatoms. The number of hydrogen-bond acceptors (Lipinski definition) is 2. The highest BCUT2D eigenvalue weighted by molar-refractivity contribution is 5.12. The molecule has 2 nitrogen and oxygen atoms in total. The molecular weight excluding hydrogens is 150 g/mol. The van der Waals surface area contributed by atoms with Gasteiger partial charge in [0, 0.05) is 0 Å². The highest BCUT2D eigenvalue weighted by atomic mass is 16.3. The van der Waals surface area contributed by atoms with Gasteiger partial charge in [-0.25, -0.2) is 0 Å². The number of nitroso groups, excluding NO2 is 1. The molecule has 0 amide bonds. The van der Waals surface area contributed by atoms with Gasteiger partial charge < -0.3 is 0 Å². The van der Waals surface area contributed by atoms with Crippen molar-refractivity contribution in [2.75, 3.05) is 0 Å². The van der Waals surface area contributed by atoms with Crippen LogP contribution in [-0.4, -0.2) is 6.04 Å². The lowest BCUT2D eigenvalue weighted by Crippen LogP contribution is -2.21. The molecule has 1 aliphatic carbocycles. The van der Waals surface area contributed by atoms with Gasteiger partial charge in [0.25, 0.3) is 0 Å². The van der Waals surface area contributed by atoms with Crippen LogP contribution in [0.2, 0.25) is 0 Å². The van der Waals surface area contributed by atoms with Gasteiger partial charge in [-0.3, -0.25) is 0 Å². The summed E-state index contributed by atoms with van der Waals surface area (Å²) < 4.78 is 0. The first-order chi connectivity index (χ1) is 5.65. The predicted molar refractivity (Wildman–Crippen MR) is 50.9 cm³/mol. The zero-order chi connectivity index (χ0) is 9.14. The summed E-state index contributed by atoms with van der Waals surface area (Å²) in [6.07, 6.45) is 4.24. The van der Waals surface area contributed by atoms with Gasteiger partial charge in [0.2, 0.25) is 0 Å². The van der Waals surface area contributed by atoms with E-state index in [2.05, 4.69) is 25.1 Å². The minimum absolute atomic E-state index is 0.0499. The minimum Gasteiger partial charge on any atom is -0.150 e. The molecule has 0 aromatic heterocycles. The molecule has 1 unspecified atom stereocenters. The van der Waals surface area contributed by atoms with E-state index in [-0.39, 0.29) is 6.04 Å². The van der Waals surface area contributed by atoms with Crippen LogP contribution in [-0.2, 0) is 0 Å². The molecule has 0 aromatic rings. The van der Waals surface area contributed by atoms with Gasteiger partial charge in [0.1, 0.15) is 6.04 Å². The van der Waals surface area contributed by atoms with E-state index in [1.807, 2.05) is 6.92 Å². The minimum atomic E-state index is -0.0499. The molecule has 0 N–H and O–H groups in total. The van der Waals surface area contributed by atoms with Crippen molar-refractivity contribution >= 4 is 0 Å². The largest absolute Gasteiger partial charge is 0.150 e. The van der Waals surface area contributed by atoms with E-state index in [1.54, 1.807) is 0 Å². The molecule has 0 radical (unpaired) electrons. The maximum atomic E-state index is 10.4. The van der Waals surface area contributed by atoms with Crippen molar-refractivity contribution < 1.29 is 0 Å². The van der Waals surface area contributed by atoms with Crippen LogP contribution in [0, 0.1) is 16.7 Å². The Balaban J connectivity index is 2.64. The smallest absolute Gasteiger partial charge is 0.113 e. The summed E-state index contributed by atoms with van der Waals surface area (Å²) in [7, 11) is 0. The fourth-order valence-corrected chi connectivity index (χ4v) is 1.71. The molecule has 0 fully saturated rings. The summed E-state index contributed by atoms with van der Waals surface area (Å²) >= 11 is 0. The second-order valence-corrected chi connectivity index (χ2v) is 4.04. The molecule has 0 saturated heterocycles. The van der Waals surface area contributed by atoms with E-state index in [0.29, 0.717) is 11.8 Å². The Bertz CT molecular complexity index is 196. The van der Waals surface area contributed by atoms with Crippen LogP contribution in [0.4, 0.5) is 0 Å². The van der Waals surface area contributed by atoms with Crippen molar-refractivity contribution in [1.29, 1.82) is 0 Å². The average Bonchev–Trinajstić information content (AvgIpc) is 2.05. The van der Waals surface area contributed by atoms with Crippen LogP contribution >= 0.6 is 0 Å². The van der Waals surface area contributed by atoms with E-state index < -0.39 is 0 Å². The maximum Gasteiger partial charge on any atom is 0.113 e. The maximum absolute atomic E-state index is 10.4. The van der Waals surface area contributed by atoms with E-state index in [0.717, 1.165) is 18.4 Å². The summed E-state index contributed by atoms with van der Waals surface area (Å²) in [5.41, 5.74) is 1.15. The molecule has 12 heavy (non-hydrogen) atoms. The molecule has 0 bridgehead atoms. The molecule has 68 valence electrons. The van der Waals surface area contributed by atoms with E-state index in [9.17, 15) is 4.91 Å². The Morgan fingerprint density at radius 1 is 1.58 bits per heavy atom. The highest BCUT2D eigenvalue weighted by Gasteiger charge is 2.24. The lowest BCUT2D eigenvalue weighted by molar-refractivity contribution is 0.332. The molecule has 1 aliphatic rings. The number of hydrogen-bond donors (Lipinski definition) is 0. The Morgan fingerprint density at radius 2 is 2.25 bits per heavy atom. The van der Waals surface area contributed by atoms with Crippen LogP contribution in [0.25, 0.3) is 0 Å². The van der Waals surface area contributed by atoms with Crippen LogP contribution in [0.15, 0.2) is 16.8 Å². The third kappa shape index (κ3) is 1.93. The lowest BCUT2D eigenvalue weighted by atomic mass is 9.80. The fraction of sp³-hybridized carbons (Fsp3) is 0.800. The van der Waals surface area contributed by atoms with Crippen molar-refractivity contribution in [2.45, 2.75) is 39.7 Å². The second-order valence-electron chi connectivity index (χ2n) is 4.04. The first kappa shape index (κ1) is 9.43. The quantitative estimate of drug-likeness (QED) is 0.459. The van der Waals surface area contributed by atoms with Crippen LogP contribution in [0.1, 0.15) is 33.6 Å². The SMILES string of the molecule is CC1=CC[C@@H](C(C)C)CC1N=O. The highest BCUT2D eigenvalue weighted by Crippen LogP contribution is 2.30. The molecule has 1 rings (SSSR count). The van der Waals surface area contributed by atoms with Crippen molar-refractivity contribution in [3.63, 3.8) is 0 Å². The average molecular weight is 167 g/mol. The summed E-state index contributed by atoms with van der Waals surface area (Å²) in [6.45, 7) is 6.42. The Morgan fingerprint density at radius 3 is 2.75 bits per heavy atom.